The molecule has 3 N–H and O–H groups in total. The zero-order valence-electron chi connectivity index (χ0n) is 7.93. The Morgan fingerprint density at radius 2 is 2.40 bits per heavy atom. The first-order valence-corrected chi connectivity index (χ1v) is 4.99. The molecular formula is C9H11ClN4S. The van der Waals surface area contributed by atoms with Crippen molar-refractivity contribution in [2.75, 3.05) is 0 Å². The number of amidine groups is 1. The fourth-order valence-corrected chi connectivity index (χ4v) is 1.57. The normalized spacial score (nSPS) is 8.73. The molecule has 1 aromatic heterocycles. The average molecular weight is 243 g/mol. The summed E-state index contributed by atoms with van der Waals surface area (Å²) in [6.07, 6.45) is 1.96. The van der Waals surface area contributed by atoms with E-state index in [1.54, 1.807) is 6.20 Å². The minimum absolute atomic E-state index is 0. The SMILES string of the molecule is Cl.N#CCc1ncccc1CSC(=N)N. The molecule has 15 heavy (non-hydrogen) atoms. The van der Waals surface area contributed by atoms with Crippen LogP contribution >= 0.6 is 24.2 Å². The van der Waals surface area contributed by atoms with Crippen LogP contribution in [0.1, 0.15) is 11.3 Å². The van der Waals surface area contributed by atoms with Crippen LogP contribution in [-0.2, 0) is 12.2 Å². The van der Waals surface area contributed by atoms with E-state index >= 15 is 0 Å². The van der Waals surface area contributed by atoms with E-state index in [2.05, 4.69) is 11.1 Å². The van der Waals surface area contributed by atoms with E-state index in [-0.39, 0.29) is 17.6 Å². The minimum Gasteiger partial charge on any atom is -0.379 e. The van der Waals surface area contributed by atoms with Crippen LogP contribution in [0.25, 0.3) is 0 Å². The minimum atomic E-state index is 0. The molecule has 0 aliphatic heterocycles. The molecule has 0 unspecified atom stereocenters. The fraction of sp³-hybridized carbons (Fsp3) is 0.222. The largest absolute Gasteiger partial charge is 0.379 e. The summed E-state index contributed by atoms with van der Waals surface area (Å²) < 4.78 is 0. The summed E-state index contributed by atoms with van der Waals surface area (Å²) in [6, 6.07) is 5.77. The number of nitrogens with zero attached hydrogens (tertiary/aromatic N) is 2. The second-order valence-electron chi connectivity index (χ2n) is 2.60. The number of hydrogen-bond acceptors (Lipinski definition) is 4. The van der Waals surface area contributed by atoms with Crippen molar-refractivity contribution >= 4 is 29.3 Å². The molecule has 0 aliphatic rings. The lowest BCUT2D eigenvalue weighted by atomic mass is 10.2. The van der Waals surface area contributed by atoms with Gasteiger partial charge in [0.15, 0.2) is 5.17 Å². The molecule has 0 fully saturated rings. The number of hydrogen-bond donors (Lipinski definition) is 2. The van der Waals surface area contributed by atoms with Gasteiger partial charge in [0.2, 0.25) is 0 Å². The highest BCUT2D eigenvalue weighted by Crippen LogP contribution is 2.14. The van der Waals surface area contributed by atoms with Gasteiger partial charge in [-0.25, -0.2) is 0 Å². The lowest BCUT2D eigenvalue weighted by molar-refractivity contribution is 1.07. The maximum absolute atomic E-state index is 8.56. The first kappa shape index (κ1) is 13.8. The molecule has 1 heterocycles. The van der Waals surface area contributed by atoms with Crippen molar-refractivity contribution in [3.05, 3.63) is 29.6 Å². The van der Waals surface area contributed by atoms with Gasteiger partial charge >= 0.3 is 0 Å². The topological polar surface area (TPSA) is 86.5 Å². The van der Waals surface area contributed by atoms with Crippen molar-refractivity contribution in [2.24, 2.45) is 5.73 Å². The van der Waals surface area contributed by atoms with Crippen molar-refractivity contribution in [1.82, 2.24) is 4.98 Å². The van der Waals surface area contributed by atoms with Gasteiger partial charge in [0, 0.05) is 11.9 Å². The number of nitriles is 1. The number of thioether (sulfide) groups is 1. The van der Waals surface area contributed by atoms with Crippen LogP contribution in [0, 0.1) is 16.7 Å². The molecule has 0 aliphatic carbocycles. The highest BCUT2D eigenvalue weighted by molar-refractivity contribution is 8.13. The summed E-state index contributed by atoms with van der Waals surface area (Å²) in [5.41, 5.74) is 6.96. The third-order valence-electron chi connectivity index (χ3n) is 1.61. The van der Waals surface area contributed by atoms with Gasteiger partial charge in [0.25, 0.3) is 0 Å². The molecule has 80 valence electrons. The zero-order valence-corrected chi connectivity index (χ0v) is 9.57. The molecule has 0 spiro atoms. The van der Waals surface area contributed by atoms with Crippen molar-refractivity contribution in [3.8, 4) is 6.07 Å². The van der Waals surface area contributed by atoms with Gasteiger partial charge < -0.3 is 5.73 Å². The third-order valence-corrected chi connectivity index (χ3v) is 2.38. The molecule has 0 atom stereocenters. The molecule has 1 rings (SSSR count). The molecule has 0 bridgehead atoms. The van der Waals surface area contributed by atoms with E-state index in [9.17, 15) is 0 Å². The van der Waals surface area contributed by atoms with Crippen LogP contribution in [0.15, 0.2) is 18.3 Å². The quantitative estimate of drug-likeness (QED) is 0.624. The monoisotopic (exact) mass is 242 g/mol. The summed E-state index contributed by atoms with van der Waals surface area (Å²) >= 11 is 1.24. The standard InChI is InChI=1S/C9H10N4S.ClH/c10-4-3-8-7(2-1-5-13-8)6-14-9(11)12;/h1-2,5H,3,6H2,(H3,11,12);1H. The fourth-order valence-electron chi connectivity index (χ4n) is 0.992. The van der Waals surface area contributed by atoms with Gasteiger partial charge in [-0.15, -0.1) is 12.4 Å². The van der Waals surface area contributed by atoms with Gasteiger partial charge in [-0.05, 0) is 11.6 Å². The van der Waals surface area contributed by atoms with E-state index in [1.165, 1.54) is 11.8 Å². The van der Waals surface area contributed by atoms with Gasteiger partial charge in [0.05, 0.1) is 18.2 Å². The first-order valence-electron chi connectivity index (χ1n) is 4.00. The molecule has 1 aromatic rings. The molecule has 6 heteroatoms. The van der Waals surface area contributed by atoms with Crippen LogP contribution in [0.4, 0.5) is 0 Å². The highest BCUT2D eigenvalue weighted by Gasteiger charge is 2.03. The summed E-state index contributed by atoms with van der Waals surface area (Å²) in [7, 11) is 0. The van der Waals surface area contributed by atoms with Crippen LogP contribution in [0.3, 0.4) is 0 Å². The predicted octanol–water partition coefficient (Wildman–Crippen LogP) is 1.70. The first-order chi connectivity index (χ1) is 6.74. The summed E-state index contributed by atoms with van der Waals surface area (Å²) in [5.74, 6) is 0.597. The molecule has 0 saturated carbocycles. The Labute approximate surface area is 98.8 Å². The zero-order chi connectivity index (χ0) is 10.4. The van der Waals surface area contributed by atoms with Crippen molar-refractivity contribution in [1.29, 1.82) is 10.7 Å². The molecule has 0 aromatic carbocycles. The van der Waals surface area contributed by atoms with E-state index in [4.69, 9.17) is 16.4 Å². The van der Waals surface area contributed by atoms with Crippen LogP contribution in [-0.4, -0.2) is 10.2 Å². The number of pyridine rings is 1. The number of aromatic nitrogens is 1. The van der Waals surface area contributed by atoms with Crippen molar-refractivity contribution < 1.29 is 0 Å². The van der Waals surface area contributed by atoms with Crippen molar-refractivity contribution in [2.45, 2.75) is 12.2 Å². The Bertz CT molecular complexity index is 375. The van der Waals surface area contributed by atoms with E-state index in [0.29, 0.717) is 12.2 Å². The second kappa shape index (κ2) is 7.10. The van der Waals surface area contributed by atoms with Gasteiger partial charge in [-0.2, -0.15) is 5.26 Å². The summed E-state index contributed by atoms with van der Waals surface area (Å²) in [4.78, 5) is 4.10. The highest BCUT2D eigenvalue weighted by atomic mass is 35.5. The van der Waals surface area contributed by atoms with Crippen LogP contribution in [0.2, 0.25) is 0 Å². The third kappa shape index (κ3) is 4.68. The summed E-state index contributed by atoms with van der Waals surface area (Å²) in [6.45, 7) is 0. The van der Waals surface area contributed by atoms with Crippen LogP contribution < -0.4 is 5.73 Å². The van der Waals surface area contributed by atoms with E-state index in [1.807, 2.05) is 12.1 Å². The van der Waals surface area contributed by atoms with Crippen LogP contribution in [0.5, 0.6) is 0 Å². The van der Waals surface area contributed by atoms with Gasteiger partial charge in [-0.3, -0.25) is 10.4 Å². The molecular weight excluding hydrogens is 232 g/mol. The Morgan fingerprint density at radius 3 is 3.00 bits per heavy atom. The average Bonchev–Trinajstić information content (AvgIpc) is 2.17. The molecule has 0 radical (unpaired) electrons. The van der Waals surface area contributed by atoms with Gasteiger partial charge in [-0.1, -0.05) is 17.8 Å². The predicted molar refractivity (Wildman–Crippen MR) is 64.0 cm³/mol. The Hall–Kier alpha value is -1.25. The smallest absolute Gasteiger partial charge is 0.151 e. The molecule has 4 nitrogen and oxygen atoms in total. The van der Waals surface area contributed by atoms with Crippen molar-refractivity contribution in [3.63, 3.8) is 0 Å². The maximum Gasteiger partial charge on any atom is 0.151 e. The number of nitrogens with two attached hydrogens (primary N) is 1. The van der Waals surface area contributed by atoms with Gasteiger partial charge in [0.1, 0.15) is 0 Å². The number of halogens is 1. The number of rotatable bonds is 3. The van der Waals surface area contributed by atoms with E-state index in [0.717, 1.165) is 11.3 Å². The Balaban J connectivity index is 0.00000196. The number of nitrogens with one attached hydrogen (secondary N) is 1. The Kier molecular flexibility index (Phi) is 6.50. The lowest BCUT2D eigenvalue weighted by Crippen LogP contribution is -2.05. The molecule has 0 amide bonds. The van der Waals surface area contributed by atoms with E-state index < -0.39 is 0 Å². The maximum atomic E-state index is 8.56. The lowest BCUT2D eigenvalue weighted by Gasteiger charge is -2.03. The summed E-state index contributed by atoms with van der Waals surface area (Å²) in [5, 5.41) is 15.7. The Morgan fingerprint density at radius 1 is 1.67 bits per heavy atom. The second-order valence-corrected chi connectivity index (χ2v) is 3.61. The molecule has 0 saturated heterocycles.